The van der Waals surface area contributed by atoms with Gasteiger partial charge in [0.1, 0.15) is 0 Å². The lowest BCUT2D eigenvalue weighted by atomic mass is 10.0. The van der Waals surface area contributed by atoms with E-state index in [1.54, 1.807) is 0 Å². The predicted molar refractivity (Wildman–Crippen MR) is 79.0 cm³/mol. The lowest BCUT2D eigenvalue weighted by Crippen LogP contribution is -2.27. The molecule has 0 aliphatic carbocycles. The van der Waals surface area contributed by atoms with Crippen molar-refractivity contribution in [2.75, 3.05) is 5.75 Å². The molecule has 0 aromatic heterocycles. The van der Waals surface area contributed by atoms with Crippen LogP contribution in [0, 0.1) is 3.57 Å². The second-order valence-corrected chi connectivity index (χ2v) is 6.90. The maximum Gasteiger partial charge on any atom is 0.0699 e. The molecule has 0 bridgehead atoms. The summed E-state index contributed by atoms with van der Waals surface area (Å²) in [6, 6.07) is 8.46. The molecule has 3 heteroatoms. The Hall–Kier alpha value is 0.260. The molecular formula is C13H17IOS. The van der Waals surface area contributed by atoms with Gasteiger partial charge in [-0.3, -0.25) is 0 Å². The average molecular weight is 348 g/mol. The van der Waals surface area contributed by atoms with Gasteiger partial charge in [-0.05, 0) is 65.3 Å². The van der Waals surface area contributed by atoms with E-state index in [1.165, 1.54) is 34.1 Å². The minimum atomic E-state index is -0.176. The van der Waals surface area contributed by atoms with Gasteiger partial charge in [0.05, 0.1) is 6.10 Å². The first-order valence-electron chi connectivity index (χ1n) is 5.80. The molecule has 2 rings (SSSR count). The molecule has 0 radical (unpaired) electrons. The van der Waals surface area contributed by atoms with Crippen LogP contribution in [0.4, 0.5) is 0 Å². The molecule has 1 saturated heterocycles. The maximum atomic E-state index is 10.2. The maximum absolute atomic E-state index is 10.2. The summed E-state index contributed by atoms with van der Waals surface area (Å²) in [5, 5.41) is 10.6. The molecule has 1 aromatic rings. The third-order valence-electron chi connectivity index (χ3n) is 3.00. The highest BCUT2D eigenvalue weighted by atomic mass is 127. The molecule has 1 aromatic carbocycles. The minimum Gasteiger partial charge on any atom is -0.392 e. The molecule has 1 aliphatic heterocycles. The molecule has 2 atom stereocenters. The van der Waals surface area contributed by atoms with Gasteiger partial charge in [0.15, 0.2) is 0 Å². The monoisotopic (exact) mass is 348 g/mol. The van der Waals surface area contributed by atoms with Crippen molar-refractivity contribution in [3.8, 4) is 0 Å². The van der Waals surface area contributed by atoms with Crippen molar-refractivity contribution in [3.63, 3.8) is 0 Å². The summed E-state index contributed by atoms with van der Waals surface area (Å²) in [5.41, 5.74) is 1.25. The zero-order valence-electron chi connectivity index (χ0n) is 9.23. The molecule has 16 heavy (non-hydrogen) atoms. The third kappa shape index (κ3) is 3.64. The molecule has 1 aliphatic rings. The number of hydrogen-bond donors (Lipinski definition) is 1. The molecular weight excluding hydrogens is 331 g/mol. The van der Waals surface area contributed by atoms with Crippen LogP contribution in [0.1, 0.15) is 24.8 Å². The second kappa shape index (κ2) is 6.26. The Balaban J connectivity index is 1.90. The predicted octanol–water partition coefficient (Wildman–Crippen LogP) is 3.48. The van der Waals surface area contributed by atoms with Gasteiger partial charge in [-0.15, -0.1) is 0 Å². The van der Waals surface area contributed by atoms with Crippen molar-refractivity contribution in [1.29, 1.82) is 0 Å². The molecule has 0 amide bonds. The van der Waals surface area contributed by atoms with Gasteiger partial charge in [-0.25, -0.2) is 0 Å². The highest BCUT2D eigenvalue weighted by Gasteiger charge is 2.22. The van der Waals surface area contributed by atoms with Crippen LogP contribution in [0.2, 0.25) is 0 Å². The lowest BCUT2D eigenvalue weighted by Gasteiger charge is -2.26. The number of hydrogen-bond acceptors (Lipinski definition) is 2. The van der Waals surface area contributed by atoms with Crippen molar-refractivity contribution < 1.29 is 5.11 Å². The summed E-state index contributed by atoms with van der Waals surface area (Å²) in [6.45, 7) is 0. The molecule has 2 unspecified atom stereocenters. The number of aliphatic hydroxyl groups is 1. The van der Waals surface area contributed by atoms with E-state index in [2.05, 4.69) is 46.9 Å². The molecule has 0 spiro atoms. The summed E-state index contributed by atoms with van der Waals surface area (Å²) in [5.74, 6) is 1.22. The van der Waals surface area contributed by atoms with E-state index in [0.29, 0.717) is 5.25 Å². The van der Waals surface area contributed by atoms with Crippen molar-refractivity contribution >= 4 is 34.4 Å². The standard InChI is InChI=1S/C13H17IOS/c14-11-6-4-10(5-7-11)9-12(15)13-3-1-2-8-16-13/h4-7,12-13,15H,1-3,8-9H2. The molecule has 1 N–H and O–H groups in total. The van der Waals surface area contributed by atoms with Crippen molar-refractivity contribution in [1.82, 2.24) is 0 Å². The summed E-state index contributed by atoms with van der Waals surface area (Å²) in [4.78, 5) is 0. The highest BCUT2D eigenvalue weighted by molar-refractivity contribution is 14.1. The first kappa shape index (κ1) is 12.7. The quantitative estimate of drug-likeness (QED) is 0.844. The molecule has 1 heterocycles. The van der Waals surface area contributed by atoms with E-state index in [4.69, 9.17) is 0 Å². The first-order valence-corrected chi connectivity index (χ1v) is 7.92. The average Bonchev–Trinajstić information content (AvgIpc) is 2.33. The van der Waals surface area contributed by atoms with Gasteiger partial charge in [0.2, 0.25) is 0 Å². The summed E-state index contributed by atoms with van der Waals surface area (Å²) >= 11 is 4.25. The Morgan fingerprint density at radius 3 is 2.69 bits per heavy atom. The van der Waals surface area contributed by atoms with Crippen LogP contribution in [0.25, 0.3) is 0 Å². The minimum absolute atomic E-state index is 0.176. The van der Waals surface area contributed by atoms with Crippen molar-refractivity contribution in [3.05, 3.63) is 33.4 Å². The van der Waals surface area contributed by atoms with Gasteiger partial charge in [-0.2, -0.15) is 11.8 Å². The summed E-state index contributed by atoms with van der Waals surface area (Å²) in [6.07, 6.45) is 4.40. The fourth-order valence-electron chi connectivity index (χ4n) is 2.06. The topological polar surface area (TPSA) is 20.2 Å². The first-order chi connectivity index (χ1) is 7.75. The van der Waals surface area contributed by atoms with Crippen LogP contribution in [-0.4, -0.2) is 22.2 Å². The lowest BCUT2D eigenvalue weighted by molar-refractivity contribution is 0.166. The van der Waals surface area contributed by atoms with Gasteiger partial charge in [0.25, 0.3) is 0 Å². The fraction of sp³-hybridized carbons (Fsp3) is 0.538. The van der Waals surface area contributed by atoms with Gasteiger partial charge < -0.3 is 5.11 Å². The van der Waals surface area contributed by atoms with Crippen molar-refractivity contribution in [2.24, 2.45) is 0 Å². The van der Waals surface area contributed by atoms with Crippen LogP contribution < -0.4 is 0 Å². The summed E-state index contributed by atoms with van der Waals surface area (Å²) in [7, 11) is 0. The number of thioether (sulfide) groups is 1. The van der Waals surface area contributed by atoms with E-state index in [0.717, 1.165) is 6.42 Å². The SMILES string of the molecule is OC(Cc1ccc(I)cc1)C1CCCCS1. The summed E-state index contributed by atoms with van der Waals surface area (Å²) < 4.78 is 1.25. The van der Waals surface area contributed by atoms with E-state index in [-0.39, 0.29) is 6.10 Å². The van der Waals surface area contributed by atoms with E-state index < -0.39 is 0 Å². The van der Waals surface area contributed by atoms with Gasteiger partial charge in [-0.1, -0.05) is 18.6 Å². The van der Waals surface area contributed by atoms with Crippen molar-refractivity contribution in [2.45, 2.75) is 37.0 Å². The normalized spacial score (nSPS) is 23.0. The smallest absolute Gasteiger partial charge is 0.0699 e. The number of aliphatic hydroxyl groups excluding tert-OH is 1. The third-order valence-corrected chi connectivity index (χ3v) is 5.22. The van der Waals surface area contributed by atoms with Crippen LogP contribution in [-0.2, 0) is 6.42 Å². The van der Waals surface area contributed by atoms with E-state index in [1.807, 2.05) is 11.8 Å². The largest absolute Gasteiger partial charge is 0.392 e. The Labute approximate surface area is 115 Å². The van der Waals surface area contributed by atoms with Gasteiger partial charge in [0, 0.05) is 8.82 Å². The molecule has 1 fully saturated rings. The van der Waals surface area contributed by atoms with Gasteiger partial charge >= 0.3 is 0 Å². The zero-order valence-corrected chi connectivity index (χ0v) is 12.2. The van der Waals surface area contributed by atoms with Crippen LogP contribution in [0.5, 0.6) is 0 Å². The van der Waals surface area contributed by atoms with Crippen LogP contribution in [0.15, 0.2) is 24.3 Å². The zero-order chi connectivity index (χ0) is 11.4. The Morgan fingerprint density at radius 2 is 2.06 bits per heavy atom. The Kier molecular flexibility index (Phi) is 4.97. The Bertz CT molecular complexity index is 319. The highest BCUT2D eigenvalue weighted by Crippen LogP contribution is 2.28. The molecule has 0 saturated carbocycles. The van der Waals surface area contributed by atoms with E-state index in [9.17, 15) is 5.11 Å². The number of rotatable bonds is 3. The molecule has 1 nitrogen and oxygen atoms in total. The number of halogens is 1. The van der Waals surface area contributed by atoms with E-state index >= 15 is 0 Å². The van der Waals surface area contributed by atoms with Crippen LogP contribution in [0.3, 0.4) is 0 Å². The van der Waals surface area contributed by atoms with Crippen LogP contribution >= 0.6 is 34.4 Å². The fourth-order valence-corrected chi connectivity index (χ4v) is 3.75. The Morgan fingerprint density at radius 1 is 1.31 bits per heavy atom. The number of benzene rings is 1. The molecule has 88 valence electrons. The second-order valence-electron chi connectivity index (χ2n) is 4.30.